The van der Waals surface area contributed by atoms with Gasteiger partial charge in [0.2, 0.25) is 23.7 Å². The van der Waals surface area contributed by atoms with Crippen LogP contribution in [0.5, 0.6) is 5.75 Å². The van der Waals surface area contributed by atoms with Crippen molar-refractivity contribution in [3.63, 3.8) is 0 Å². The molecular formula is C45H55ClN11O6P. The molecule has 64 heavy (non-hydrogen) atoms. The SMILES string of the molecule is COc1cc(N2CCC(N3CCN(CC(=O)NCCNc4cccc5c4CN(C4CCC(=O)NC4=O)C5=O)CC3)CC2)ccc1Nc1ncc(Cl)c(Nc2ccccc2P(C)(C)=O)n1. The molecule has 3 saturated heterocycles. The Morgan fingerprint density at radius 3 is 2.42 bits per heavy atom. The predicted octanol–water partition coefficient (Wildman–Crippen LogP) is 4.45. The van der Waals surface area contributed by atoms with Gasteiger partial charge in [-0.3, -0.25) is 34.3 Å². The highest BCUT2D eigenvalue weighted by Crippen LogP contribution is 2.39. The molecule has 4 amide bonds. The number of carbonyl (C=O) groups excluding carboxylic acids is 4. The summed E-state index contributed by atoms with van der Waals surface area (Å²) < 4.78 is 18.7. The van der Waals surface area contributed by atoms with E-state index in [1.165, 1.54) is 11.1 Å². The number of fused-ring (bicyclic) bond motifs is 1. The lowest BCUT2D eigenvalue weighted by Gasteiger charge is -2.43. The van der Waals surface area contributed by atoms with Gasteiger partial charge in [0.25, 0.3) is 5.91 Å². The third kappa shape index (κ3) is 10.3. The predicted molar refractivity (Wildman–Crippen MR) is 249 cm³/mol. The second kappa shape index (κ2) is 19.6. The molecule has 0 spiro atoms. The number of ether oxygens (including phenoxy) is 1. The molecule has 0 bridgehead atoms. The minimum Gasteiger partial charge on any atom is -0.494 e. The van der Waals surface area contributed by atoms with Crippen molar-refractivity contribution in [1.82, 2.24) is 35.3 Å². The first-order chi connectivity index (χ1) is 30.8. The fourth-order valence-electron chi connectivity index (χ4n) is 8.98. The first-order valence-corrected chi connectivity index (χ1v) is 24.7. The molecular weight excluding hydrogens is 857 g/mol. The van der Waals surface area contributed by atoms with Gasteiger partial charge in [0, 0.05) is 105 Å². The molecule has 338 valence electrons. The lowest BCUT2D eigenvalue weighted by atomic mass is 10.0. The van der Waals surface area contributed by atoms with Crippen LogP contribution in [0.3, 0.4) is 0 Å². The quantitative estimate of drug-likeness (QED) is 0.0639. The van der Waals surface area contributed by atoms with Crippen LogP contribution in [0.4, 0.5) is 34.5 Å². The highest BCUT2D eigenvalue weighted by molar-refractivity contribution is 7.70. The van der Waals surface area contributed by atoms with E-state index in [0.29, 0.717) is 76.9 Å². The van der Waals surface area contributed by atoms with Crippen LogP contribution in [0.1, 0.15) is 41.6 Å². The van der Waals surface area contributed by atoms with Crippen LogP contribution in [0, 0.1) is 0 Å². The van der Waals surface area contributed by atoms with E-state index in [1.807, 2.05) is 42.5 Å². The Kier molecular flexibility index (Phi) is 13.7. The smallest absolute Gasteiger partial charge is 0.255 e. The number of piperidine rings is 2. The number of methoxy groups -OCH3 is 1. The molecule has 4 aromatic rings. The van der Waals surface area contributed by atoms with Crippen molar-refractivity contribution in [2.45, 2.75) is 44.3 Å². The Labute approximate surface area is 378 Å². The van der Waals surface area contributed by atoms with Crippen molar-refractivity contribution in [1.29, 1.82) is 0 Å². The lowest BCUT2D eigenvalue weighted by Crippen LogP contribution is -2.54. The van der Waals surface area contributed by atoms with Crippen LogP contribution in [-0.4, -0.2) is 140 Å². The summed E-state index contributed by atoms with van der Waals surface area (Å²) in [4.78, 5) is 67.8. The van der Waals surface area contributed by atoms with E-state index >= 15 is 0 Å². The Morgan fingerprint density at radius 1 is 0.906 bits per heavy atom. The zero-order valence-electron chi connectivity index (χ0n) is 36.4. The van der Waals surface area contributed by atoms with E-state index in [1.54, 1.807) is 32.6 Å². The number of nitrogens with one attached hydrogen (secondary N) is 5. The second-order valence-electron chi connectivity index (χ2n) is 16.9. The van der Waals surface area contributed by atoms with Gasteiger partial charge >= 0.3 is 0 Å². The largest absolute Gasteiger partial charge is 0.494 e. The van der Waals surface area contributed by atoms with Gasteiger partial charge < -0.3 is 40.4 Å². The van der Waals surface area contributed by atoms with Crippen LogP contribution in [0.15, 0.2) is 66.9 Å². The maximum atomic E-state index is 13.2. The monoisotopic (exact) mass is 911 g/mol. The number of aromatic nitrogens is 2. The maximum absolute atomic E-state index is 13.2. The molecule has 17 nitrogen and oxygen atoms in total. The van der Waals surface area contributed by atoms with E-state index in [-0.39, 0.29) is 30.7 Å². The highest BCUT2D eigenvalue weighted by Gasteiger charge is 2.40. The summed E-state index contributed by atoms with van der Waals surface area (Å²) >= 11 is 6.48. The van der Waals surface area contributed by atoms with Crippen LogP contribution >= 0.6 is 18.7 Å². The number of imide groups is 1. The number of para-hydroxylation sites is 1. The molecule has 8 rings (SSSR count). The zero-order valence-corrected chi connectivity index (χ0v) is 38.0. The minimum absolute atomic E-state index is 0.0243. The van der Waals surface area contributed by atoms with E-state index in [2.05, 4.69) is 57.3 Å². The summed E-state index contributed by atoms with van der Waals surface area (Å²) in [5.74, 6) is 0.391. The normalized spacial score (nSPS) is 18.7. The van der Waals surface area contributed by atoms with Gasteiger partial charge in [-0.1, -0.05) is 29.8 Å². The standard InChI is InChI=1S/C45H55ClN11O6P/c1-63-38-25-30(11-12-35(38)51-45-49-26-33(46)42(53-45)50-36-8-4-5-10-39(36)64(2,3)62)55-19-15-29(16-20-55)56-23-21-54(22-24-56)28-41(59)48-18-17-47-34-9-6-7-31-32(34)27-57(44(31)61)37-13-14-40(58)52-43(37)60/h4-12,25-26,29,37,47H,13-24,27-28H2,1-3H3,(H,48,59)(H,52,58,60)(H2,49,50,51,53). The number of carbonyl (C=O) groups is 4. The molecule has 0 radical (unpaired) electrons. The average Bonchev–Trinajstić information content (AvgIpc) is 3.62. The summed E-state index contributed by atoms with van der Waals surface area (Å²) in [6.45, 7) is 10.3. The number of benzene rings is 3. The van der Waals surface area contributed by atoms with Gasteiger partial charge in [-0.15, -0.1) is 0 Å². The number of amides is 4. The second-order valence-corrected chi connectivity index (χ2v) is 20.5. The van der Waals surface area contributed by atoms with Gasteiger partial charge in [0.15, 0.2) is 5.82 Å². The summed E-state index contributed by atoms with van der Waals surface area (Å²) in [6.07, 6.45) is 4.11. The number of anilines is 6. The van der Waals surface area contributed by atoms with Crippen LogP contribution in [-0.2, 0) is 25.5 Å². The van der Waals surface area contributed by atoms with Crippen molar-refractivity contribution < 1.29 is 28.5 Å². The van der Waals surface area contributed by atoms with E-state index in [9.17, 15) is 23.7 Å². The summed E-state index contributed by atoms with van der Waals surface area (Å²) in [5, 5.41) is 16.3. The fraction of sp³-hybridized carbons (Fsp3) is 0.422. The Morgan fingerprint density at radius 2 is 1.67 bits per heavy atom. The van der Waals surface area contributed by atoms with E-state index in [0.717, 1.165) is 69.0 Å². The molecule has 1 unspecified atom stereocenters. The Bertz CT molecular complexity index is 2450. The zero-order chi connectivity index (χ0) is 45.0. The molecule has 4 aliphatic heterocycles. The number of hydrogen-bond acceptors (Lipinski definition) is 14. The van der Waals surface area contributed by atoms with Crippen molar-refractivity contribution in [2.24, 2.45) is 0 Å². The van der Waals surface area contributed by atoms with Gasteiger partial charge in [-0.25, -0.2) is 4.98 Å². The van der Waals surface area contributed by atoms with Gasteiger partial charge in [-0.2, -0.15) is 4.98 Å². The van der Waals surface area contributed by atoms with Crippen molar-refractivity contribution in [2.75, 3.05) is 100 Å². The lowest BCUT2D eigenvalue weighted by molar-refractivity contribution is -0.137. The van der Waals surface area contributed by atoms with Gasteiger partial charge in [0.1, 0.15) is 24.0 Å². The van der Waals surface area contributed by atoms with E-state index < -0.39 is 19.1 Å². The molecule has 5 N–H and O–H groups in total. The number of rotatable bonds is 15. The van der Waals surface area contributed by atoms with Crippen molar-refractivity contribution in [3.8, 4) is 5.75 Å². The van der Waals surface area contributed by atoms with Crippen molar-refractivity contribution in [3.05, 3.63) is 83.0 Å². The molecule has 0 aliphatic carbocycles. The third-order valence-electron chi connectivity index (χ3n) is 12.4. The van der Waals surface area contributed by atoms with Crippen LogP contribution in [0.2, 0.25) is 5.02 Å². The topological polar surface area (TPSA) is 193 Å². The minimum atomic E-state index is -2.56. The van der Waals surface area contributed by atoms with Gasteiger partial charge in [-0.05, 0) is 69.0 Å². The Balaban J connectivity index is 0.759. The molecule has 1 atom stereocenters. The number of piperazine rings is 1. The average molecular weight is 912 g/mol. The molecule has 1 aromatic heterocycles. The van der Waals surface area contributed by atoms with Crippen LogP contribution < -0.4 is 41.5 Å². The first kappa shape index (κ1) is 44.9. The number of halogens is 1. The van der Waals surface area contributed by atoms with Gasteiger partial charge in [0.05, 0.1) is 31.2 Å². The molecule has 5 heterocycles. The summed E-state index contributed by atoms with van der Waals surface area (Å²) in [6, 6.07) is 18.8. The molecule has 3 fully saturated rings. The maximum Gasteiger partial charge on any atom is 0.255 e. The number of hydrogen-bond donors (Lipinski definition) is 5. The summed E-state index contributed by atoms with van der Waals surface area (Å²) in [7, 11) is -0.918. The Hall–Kier alpha value is -5.74. The molecule has 3 aromatic carbocycles. The number of nitrogens with zero attached hydrogens (tertiary/aromatic N) is 6. The van der Waals surface area contributed by atoms with Crippen LogP contribution in [0.25, 0.3) is 0 Å². The molecule has 0 saturated carbocycles. The molecule has 19 heteroatoms. The third-order valence-corrected chi connectivity index (χ3v) is 14.2. The summed E-state index contributed by atoms with van der Waals surface area (Å²) in [5.41, 5.74) is 4.62. The molecule has 4 aliphatic rings. The first-order valence-electron chi connectivity index (χ1n) is 21.7. The fourth-order valence-corrected chi connectivity index (χ4v) is 10.3. The van der Waals surface area contributed by atoms with Crippen molar-refractivity contribution >= 4 is 82.2 Å². The van der Waals surface area contributed by atoms with E-state index in [4.69, 9.17) is 16.3 Å². The highest BCUT2D eigenvalue weighted by atomic mass is 35.5.